The number of aliphatic carboxylic acids is 1. The number of imidazole rings is 1. The van der Waals surface area contributed by atoms with Crippen molar-refractivity contribution >= 4 is 17.6 Å². The summed E-state index contributed by atoms with van der Waals surface area (Å²) < 4.78 is 0. The number of nitrogens with zero attached hydrogens (tertiary/aromatic N) is 1. The largest absolute Gasteiger partial charge is 0.480 e. The lowest BCUT2D eigenvalue weighted by Crippen LogP contribution is -2.42. The molecule has 3 aromatic rings. The Morgan fingerprint density at radius 3 is 2.50 bits per heavy atom. The van der Waals surface area contributed by atoms with Crippen molar-refractivity contribution in [3.63, 3.8) is 0 Å². The fourth-order valence-electron chi connectivity index (χ4n) is 2.58. The van der Waals surface area contributed by atoms with Gasteiger partial charge in [0.05, 0.1) is 6.33 Å². The number of carboxylic acid groups (broad SMARTS) is 1. The first-order chi connectivity index (χ1) is 14.5. The smallest absolute Gasteiger partial charge is 0.326 e. The summed E-state index contributed by atoms with van der Waals surface area (Å²) in [6, 6.07) is 12.7. The Bertz CT molecular complexity index is 1160. The fraction of sp³-hybridized carbons (Fsp3) is 0.0870. The average Bonchev–Trinajstić information content (AvgIpc) is 3.25. The predicted octanol–water partition coefficient (Wildman–Crippen LogP) is 1.82. The molecule has 1 aromatic heterocycles. The molecule has 0 radical (unpaired) electrons. The Morgan fingerprint density at radius 2 is 1.83 bits per heavy atom. The van der Waals surface area contributed by atoms with Crippen molar-refractivity contribution in [1.29, 1.82) is 0 Å². The predicted molar refractivity (Wildman–Crippen MR) is 112 cm³/mol. The highest BCUT2D eigenvalue weighted by atomic mass is 16.4. The first-order valence-corrected chi connectivity index (χ1v) is 9.00. The van der Waals surface area contributed by atoms with Gasteiger partial charge in [0.15, 0.2) is 0 Å². The van der Waals surface area contributed by atoms with Gasteiger partial charge in [-0.1, -0.05) is 24.0 Å². The second kappa shape index (κ2) is 9.63. The van der Waals surface area contributed by atoms with Crippen LogP contribution < -0.4 is 11.1 Å². The number of nitrogens with two attached hydrogens (primary N) is 1. The molecule has 0 aliphatic carbocycles. The van der Waals surface area contributed by atoms with Crippen molar-refractivity contribution < 1.29 is 14.7 Å². The Balaban J connectivity index is 1.63. The van der Waals surface area contributed by atoms with Crippen molar-refractivity contribution in [1.82, 2.24) is 15.3 Å². The highest BCUT2D eigenvalue weighted by molar-refractivity contribution is 5.96. The molecule has 30 heavy (non-hydrogen) atoms. The summed E-state index contributed by atoms with van der Waals surface area (Å²) in [5.41, 5.74) is 8.75. The number of anilines is 1. The molecule has 2 aromatic carbocycles. The number of nitrogens with one attached hydrogen (secondary N) is 2. The maximum absolute atomic E-state index is 12.4. The molecule has 0 fully saturated rings. The van der Waals surface area contributed by atoms with Gasteiger partial charge < -0.3 is 21.1 Å². The minimum absolute atomic E-state index is 0.106. The van der Waals surface area contributed by atoms with Gasteiger partial charge in [-0.05, 0) is 48.2 Å². The van der Waals surface area contributed by atoms with Crippen molar-refractivity contribution in [3.8, 4) is 23.7 Å². The summed E-state index contributed by atoms with van der Waals surface area (Å²) in [4.78, 5) is 30.5. The number of amides is 1. The summed E-state index contributed by atoms with van der Waals surface area (Å²) in [6.07, 6.45) is 3.08. The highest BCUT2D eigenvalue weighted by Gasteiger charge is 2.21. The number of aromatic amines is 1. The first kappa shape index (κ1) is 20.2. The molecule has 7 heteroatoms. The number of carbonyl (C=O) groups is 2. The van der Waals surface area contributed by atoms with Gasteiger partial charge >= 0.3 is 5.97 Å². The van der Waals surface area contributed by atoms with Crippen LogP contribution in [0.2, 0.25) is 0 Å². The molecular formula is C23H18N4O3. The number of hydrogen-bond donors (Lipinski definition) is 4. The maximum Gasteiger partial charge on any atom is 0.326 e. The van der Waals surface area contributed by atoms with Crippen molar-refractivity contribution in [2.45, 2.75) is 12.5 Å². The van der Waals surface area contributed by atoms with Crippen molar-refractivity contribution in [2.75, 3.05) is 5.73 Å². The molecule has 1 heterocycles. The molecule has 1 atom stereocenters. The van der Waals surface area contributed by atoms with E-state index in [1.807, 2.05) is 18.2 Å². The number of benzene rings is 2. The van der Waals surface area contributed by atoms with E-state index in [9.17, 15) is 14.7 Å². The number of nitrogen functional groups attached to an aromatic ring is 1. The Kier molecular flexibility index (Phi) is 6.50. The minimum Gasteiger partial charge on any atom is -0.480 e. The van der Waals surface area contributed by atoms with E-state index in [2.05, 4.69) is 39.0 Å². The SMILES string of the molecule is Nc1ccccc1C#CC#Cc1ccc(C(=O)N[C@@H](Cc2cnc[nH]2)C(=O)O)cc1. The molecule has 0 aliphatic rings. The lowest BCUT2D eigenvalue weighted by atomic mass is 10.1. The van der Waals surface area contributed by atoms with Crippen LogP contribution in [-0.4, -0.2) is 33.0 Å². The number of H-pyrrole nitrogens is 1. The molecule has 3 rings (SSSR count). The third-order valence-corrected chi connectivity index (χ3v) is 4.16. The van der Waals surface area contributed by atoms with E-state index in [1.165, 1.54) is 12.5 Å². The quantitative estimate of drug-likeness (QED) is 0.386. The molecule has 5 N–H and O–H groups in total. The van der Waals surface area contributed by atoms with Gasteiger partial charge in [0.2, 0.25) is 0 Å². The van der Waals surface area contributed by atoms with Gasteiger partial charge in [0.25, 0.3) is 5.91 Å². The topological polar surface area (TPSA) is 121 Å². The van der Waals surface area contributed by atoms with Gasteiger partial charge in [-0.3, -0.25) is 4.79 Å². The molecule has 0 spiro atoms. The van der Waals surface area contributed by atoms with E-state index in [-0.39, 0.29) is 6.42 Å². The zero-order valence-electron chi connectivity index (χ0n) is 15.8. The van der Waals surface area contributed by atoms with Crippen LogP contribution in [0.1, 0.15) is 27.2 Å². The number of aromatic nitrogens is 2. The summed E-state index contributed by atoms with van der Waals surface area (Å²) in [5, 5.41) is 11.9. The van der Waals surface area contributed by atoms with Crippen LogP contribution >= 0.6 is 0 Å². The van der Waals surface area contributed by atoms with Gasteiger partial charge in [0.1, 0.15) is 6.04 Å². The second-order valence-corrected chi connectivity index (χ2v) is 6.31. The second-order valence-electron chi connectivity index (χ2n) is 6.31. The number of carbonyl (C=O) groups excluding carboxylic acids is 1. The van der Waals surface area contributed by atoms with Crippen LogP contribution in [-0.2, 0) is 11.2 Å². The normalized spacial score (nSPS) is 10.7. The molecule has 148 valence electrons. The van der Waals surface area contributed by atoms with Crippen LogP contribution in [0.4, 0.5) is 5.69 Å². The zero-order chi connectivity index (χ0) is 21.3. The highest BCUT2D eigenvalue weighted by Crippen LogP contribution is 2.08. The fourth-order valence-corrected chi connectivity index (χ4v) is 2.58. The lowest BCUT2D eigenvalue weighted by Gasteiger charge is -2.13. The number of para-hydroxylation sites is 1. The molecule has 0 saturated carbocycles. The Hall–Kier alpha value is -4.49. The standard InChI is InChI=1S/C23H18N4O3/c24-20-8-4-3-7-17(20)6-2-1-5-16-9-11-18(12-10-16)22(28)27-21(23(29)30)13-19-14-25-15-26-19/h3-4,7-12,14-15,21H,13,24H2,(H,25,26)(H,27,28)(H,29,30)/t21-/m0/s1. The molecule has 7 nitrogen and oxygen atoms in total. The minimum atomic E-state index is -1.13. The molecule has 0 bridgehead atoms. The lowest BCUT2D eigenvalue weighted by molar-refractivity contribution is -0.139. The van der Waals surface area contributed by atoms with Crippen LogP contribution in [0, 0.1) is 23.7 Å². The molecular weight excluding hydrogens is 380 g/mol. The first-order valence-electron chi connectivity index (χ1n) is 9.00. The van der Waals surface area contributed by atoms with Crippen LogP contribution in [0.3, 0.4) is 0 Å². The van der Waals surface area contributed by atoms with Gasteiger partial charge in [-0.15, -0.1) is 0 Å². The Labute approximate surface area is 173 Å². The van der Waals surface area contributed by atoms with Crippen LogP contribution in [0.25, 0.3) is 0 Å². The summed E-state index contributed by atoms with van der Waals surface area (Å²) >= 11 is 0. The molecule has 0 aliphatic heterocycles. The maximum atomic E-state index is 12.4. The van der Waals surface area contributed by atoms with Crippen LogP contribution in [0.5, 0.6) is 0 Å². The average molecular weight is 398 g/mol. The van der Waals surface area contributed by atoms with E-state index < -0.39 is 17.9 Å². The summed E-state index contributed by atoms with van der Waals surface area (Å²) in [5.74, 6) is 9.65. The molecule has 1 amide bonds. The van der Waals surface area contributed by atoms with Crippen LogP contribution in [0.15, 0.2) is 61.1 Å². The number of carboxylic acids is 1. The molecule has 0 unspecified atom stereocenters. The van der Waals surface area contributed by atoms with E-state index in [4.69, 9.17) is 5.73 Å². The third-order valence-electron chi connectivity index (χ3n) is 4.16. The van der Waals surface area contributed by atoms with Gasteiger partial charge in [-0.25, -0.2) is 9.78 Å². The summed E-state index contributed by atoms with van der Waals surface area (Å²) in [6.45, 7) is 0. The number of rotatable bonds is 5. The zero-order valence-corrected chi connectivity index (χ0v) is 15.8. The van der Waals surface area contributed by atoms with E-state index in [0.717, 1.165) is 0 Å². The third kappa shape index (κ3) is 5.51. The van der Waals surface area contributed by atoms with E-state index in [0.29, 0.717) is 28.1 Å². The molecule has 0 saturated heterocycles. The van der Waals surface area contributed by atoms with E-state index in [1.54, 1.807) is 30.3 Å². The van der Waals surface area contributed by atoms with Gasteiger partial charge in [0, 0.05) is 40.7 Å². The van der Waals surface area contributed by atoms with Gasteiger partial charge in [-0.2, -0.15) is 0 Å². The summed E-state index contributed by atoms with van der Waals surface area (Å²) in [7, 11) is 0. The number of hydrogen-bond acceptors (Lipinski definition) is 4. The monoisotopic (exact) mass is 398 g/mol. The van der Waals surface area contributed by atoms with E-state index >= 15 is 0 Å². The van der Waals surface area contributed by atoms with Crippen molar-refractivity contribution in [2.24, 2.45) is 0 Å². The Morgan fingerprint density at radius 1 is 1.10 bits per heavy atom. The van der Waals surface area contributed by atoms with Crippen molar-refractivity contribution in [3.05, 3.63) is 83.4 Å².